The Morgan fingerprint density at radius 3 is 2.41 bits per heavy atom. The van der Waals surface area contributed by atoms with Gasteiger partial charge in [-0.05, 0) is 30.7 Å². The van der Waals surface area contributed by atoms with Gasteiger partial charge in [-0.3, -0.25) is 14.4 Å². The molecule has 7 N–H and O–H groups in total. The van der Waals surface area contributed by atoms with Crippen LogP contribution in [-0.2, 0) is 16.1 Å². The average Bonchev–Trinajstić information content (AvgIpc) is 2.75. The van der Waals surface area contributed by atoms with Crippen molar-refractivity contribution in [2.75, 3.05) is 16.8 Å². The number of anilines is 3. The summed E-state index contributed by atoms with van der Waals surface area (Å²) in [6.45, 7) is 0.316. The number of aliphatic carboxylic acids is 2. The third-order valence-corrected chi connectivity index (χ3v) is 4.67. The molecule has 0 saturated carbocycles. The second kappa shape index (κ2) is 9.64. The van der Waals surface area contributed by atoms with Crippen LogP contribution in [0.5, 0.6) is 0 Å². The van der Waals surface area contributed by atoms with Gasteiger partial charge in [0.1, 0.15) is 0 Å². The summed E-state index contributed by atoms with van der Waals surface area (Å²) in [4.78, 5) is 50.7. The van der Waals surface area contributed by atoms with Crippen LogP contribution in [0.25, 0.3) is 11.2 Å². The summed E-state index contributed by atoms with van der Waals surface area (Å²) in [6.07, 6.45) is 0.846. The molecule has 1 atom stereocenters. The van der Waals surface area contributed by atoms with Gasteiger partial charge in [-0.2, -0.15) is 9.97 Å². The number of nitrogens with one attached hydrogen (secondary N) is 1. The number of nitrogen functional groups attached to an aromatic ring is 2. The number of carbonyl (C=O) groups excluding carboxylic acids is 1. The highest BCUT2D eigenvalue weighted by molar-refractivity contribution is 5.98. The summed E-state index contributed by atoms with van der Waals surface area (Å²) in [5.74, 6) is -3.56. The lowest BCUT2D eigenvalue weighted by Crippen LogP contribution is -2.19. The van der Waals surface area contributed by atoms with Gasteiger partial charge in [0.2, 0.25) is 5.95 Å². The molecule has 1 aromatic carbocycles. The molecule has 0 aliphatic rings. The van der Waals surface area contributed by atoms with Crippen molar-refractivity contribution in [1.82, 2.24) is 19.9 Å². The van der Waals surface area contributed by atoms with E-state index in [1.807, 2.05) is 0 Å². The number of carboxylic acid groups (broad SMARTS) is 2. The fourth-order valence-electron chi connectivity index (χ4n) is 2.99. The minimum Gasteiger partial charge on any atom is -0.481 e. The number of nitrogens with two attached hydrogens (primary N) is 2. The highest BCUT2D eigenvalue weighted by Crippen LogP contribution is 2.19. The molecule has 0 amide bonds. The molecule has 3 aromatic rings. The Hall–Kier alpha value is -4.35. The van der Waals surface area contributed by atoms with Crippen molar-refractivity contribution >= 4 is 46.3 Å². The van der Waals surface area contributed by atoms with Gasteiger partial charge in [0.05, 0.1) is 24.4 Å². The molecule has 3 rings (SSSR count). The van der Waals surface area contributed by atoms with Crippen LogP contribution < -0.4 is 16.8 Å². The SMILES string of the molecule is Nc1nc(N)c2nc(CNc3ccc(C(=O)CC(CCC(=O)O)C(=O)O)cc3)cnc2n1. The van der Waals surface area contributed by atoms with E-state index >= 15 is 0 Å². The van der Waals surface area contributed by atoms with E-state index in [1.165, 1.54) is 6.20 Å². The number of carboxylic acids is 2. The summed E-state index contributed by atoms with van der Waals surface area (Å²) in [7, 11) is 0. The fraction of sp³-hybridized carbons (Fsp3) is 0.250. The molecule has 0 fully saturated rings. The van der Waals surface area contributed by atoms with Gasteiger partial charge in [0, 0.05) is 24.1 Å². The lowest BCUT2D eigenvalue weighted by Gasteiger charge is -2.11. The second-order valence-corrected chi connectivity index (χ2v) is 7.03. The van der Waals surface area contributed by atoms with Crippen LogP contribution in [0, 0.1) is 5.92 Å². The molecule has 12 nitrogen and oxygen atoms in total. The summed E-state index contributed by atoms with van der Waals surface area (Å²) in [5.41, 5.74) is 13.6. The molecule has 12 heteroatoms. The van der Waals surface area contributed by atoms with Crippen LogP contribution in [0.4, 0.5) is 17.5 Å². The van der Waals surface area contributed by atoms with E-state index < -0.39 is 17.9 Å². The Labute approximate surface area is 181 Å². The van der Waals surface area contributed by atoms with E-state index in [1.54, 1.807) is 24.3 Å². The van der Waals surface area contributed by atoms with Crippen molar-refractivity contribution in [3.05, 3.63) is 41.7 Å². The van der Waals surface area contributed by atoms with Gasteiger partial charge in [0.15, 0.2) is 22.8 Å². The molecular weight excluding hydrogens is 418 g/mol. The maximum absolute atomic E-state index is 12.4. The molecule has 2 aromatic heterocycles. The quantitative estimate of drug-likeness (QED) is 0.283. The van der Waals surface area contributed by atoms with Crippen molar-refractivity contribution in [3.63, 3.8) is 0 Å². The van der Waals surface area contributed by atoms with Gasteiger partial charge < -0.3 is 27.0 Å². The van der Waals surface area contributed by atoms with Gasteiger partial charge in [-0.25, -0.2) is 9.97 Å². The first kappa shape index (κ1) is 22.3. The molecule has 0 bridgehead atoms. The summed E-state index contributed by atoms with van der Waals surface area (Å²) >= 11 is 0. The Balaban J connectivity index is 1.62. The number of nitrogens with zero attached hydrogens (tertiary/aromatic N) is 4. The van der Waals surface area contributed by atoms with E-state index in [4.69, 9.17) is 16.6 Å². The predicted molar refractivity (Wildman–Crippen MR) is 115 cm³/mol. The zero-order valence-corrected chi connectivity index (χ0v) is 16.9. The normalized spacial score (nSPS) is 11.8. The zero-order chi connectivity index (χ0) is 23.3. The third-order valence-electron chi connectivity index (χ3n) is 4.67. The summed E-state index contributed by atoms with van der Waals surface area (Å²) in [6, 6.07) is 6.49. The second-order valence-electron chi connectivity index (χ2n) is 7.03. The smallest absolute Gasteiger partial charge is 0.306 e. The third kappa shape index (κ3) is 5.62. The number of aromatic nitrogens is 4. The molecule has 2 heterocycles. The number of Topliss-reactive ketones (excluding diaryl/α,β-unsaturated/α-hetero) is 1. The van der Waals surface area contributed by atoms with Crippen LogP contribution in [0.2, 0.25) is 0 Å². The van der Waals surface area contributed by atoms with Crippen LogP contribution >= 0.6 is 0 Å². The van der Waals surface area contributed by atoms with Gasteiger partial charge >= 0.3 is 11.9 Å². The average molecular weight is 439 g/mol. The first-order valence-electron chi connectivity index (χ1n) is 9.59. The Morgan fingerprint density at radius 1 is 1.03 bits per heavy atom. The van der Waals surface area contributed by atoms with E-state index in [9.17, 15) is 19.5 Å². The maximum Gasteiger partial charge on any atom is 0.306 e. The first-order valence-corrected chi connectivity index (χ1v) is 9.59. The number of ketones is 1. The van der Waals surface area contributed by atoms with Crippen molar-refractivity contribution in [2.45, 2.75) is 25.8 Å². The monoisotopic (exact) mass is 439 g/mol. The predicted octanol–water partition coefficient (Wildman–Crippen LogP) is 1.33. The maximum atomic E-state index is 12.4. The first-order chi connectivity index (χ1) is 15.2. The molecule has 32 heavy (non-hydrogen) atoms. The van der Waals surface area contributed by atoms with Crippen molar-refractivity contribution < 1.29 is 24.6 Å². The summed E-state index contributed by atoms with van der Waals surface area (Å²) in [5, 5.41) is 21.1. The Morgan fingerprint density at radius 2 is 1.75 bits per heavy atom. The van der Waals surface area contributed by atoms with E-state index in [0.717, 1.165) is 0 Å². The van der Waals surface area contributed by atoms with E-state index in [2.05, 4.69) is 25.3 Å². The molecule has 0 aliphatic heterocycles. The van der Waals surface area contributed by atoms with Crippen molar-refractivity contribution in [3.8, 4) is 0 Å². The van der Waals surface area contributed by atoms with E-state index in [0.29, 0.717) is 34.7 Å². The topological polar surface area (TPSA) is 207 Å². The Bertz CT molecular complexity index is 1170. The van der Waals surface area contributed by atoms with Gasteiger partial charge in [0.25, 0.3) is 0 Å². The molecule has 1 unspecified atom stereocenters. The van der Waals surface area contributed by atoms with Crippen molar-refractivity contribution in [2.24, 2.45) is 5.92 Å². The van der Waals surface area contributed by atoms with Crippen LogP contribution in [0.15, 0.2) is 30.5 Å². The van der Waals surface area contributed by atoms with Crippen LogP contribution in [0.1, 0.15) is 35.3 Å². The van der Waals surface area contributed by atoms with Crippen LogP contribution in [0.3, 0.4) is 0 Å². The number of benzene rings is 1. The molecule has 166 valence electrons. The highest BCUT2D eigenvalue weighted by Gasteiger charge is 2.22. The zero-order valence-electron chi connectivity index (χ0n) is 16.9. The molecule has 0 aliphatic carbocycles. The fourth-order valence-corrected chi connectivity index (χ4v) is 2.99. The van der Waals surface area contributed by atoms with Crippen molar-refractivity contribution in [1.29, 1.82) is 0 Å². The minimum absolute atomic E-state index is 0.0152. The van der Waals surface area contributed by atoms with Gasteiger partial charge in [-0.15, -0.1) is 0 Å². The number of hydrogen-bond donors (Lipinski definition) is 5. The number of carbonyl (C=O) groups is 3. The largest absolute Gasteiger partial charge is 0.481 e. The summed E-state index contributed by atoms with van der Waals surface area (Å²) < 4.78 is 0. The molecular formula is C20H21N7O5. The number of rotatable bonds is 10. The minimum atomic E-state index is -1.19. The molecule has 0 saturated heterocycles. The van der Waals surface area contributed by atoms with Crippen LogP contribution in [-0.4, -0.2) is 47.9 Å². The molecule has 0 spiro atoms. The lowest BCUT2D eigenvalue weighted by molar-refractivity contribution is -0.142. The number of hydrogen-bond acceptors (Lipinski definition) is 10. The Kier molecular flexibility index (Phi) is 6.73. The standard InChI is InChI=1S/C20H21N7O5/c21-17-16-18(27-20(22)26-17)24-9-13(25-16)8-23-12-4-1-10(2-5-12)14(28)7-11(19(31)32)3-6-15(29)30/h1-2,4-5,9,11,23H,3,6-8H2,(H,29,30)(H,31,32)(H4,21,22,24,26,27). The highest BCUT2D eigenvalue weighted by atomic mass is 16.4. The lowest BCUT2D eigenvalue weighted by atomic mass is 9.94. The van der Waals surface area contributed by atoms with E-state index in [-0.39, 0.29) is 36.8 Å². The molecule has 0 radical (unpaired) electrons. The van der Waals surface area contributed by atoms with Gasteiger partial charge in [-0.1, -0.05) is 0 Å². The number of fused-ring (bicyclic) bond motifs is 1.